The maximum Gasteiger partial charge on any atom is 0.338 e. The Bertz CT molecular complexity index is 1120. The van der Waals surface area contributed by atoms with Crippen molar-refractivity contribution in [3.05, 3.63) is 76.0 Å². The summed E-state index contributed by atoms with van der Waals surface area (Å²) in [6.45, 7) is 1.64. The monoisotopic (exact) mass is 471 g/mol. The summed E-state index contributed by atoms with van der Waals surface area (Å²) in [4.78, 5) is 41.7. The van der Waals surface area contributed by atoms with Gasteiger partial charge in [0, 0.05) is 24.0 Å². The Morgan fingerprint density at radius 2 is 1.79 bits per heavy atom. The molecule has 0 bridgehead atoms. The van der Waals surface area contributed by atoms with Gasteiger partial charge in [0.15, 0.2) is 6.61 Å². The van der Waals surface area contributed by atoms with Crippen molar-refractivity contribution in [1.29, 1.82) is 0 Å². The first-order valence-electron chi connectivity index (χ1n) is 9.97. The van der Waals surface area contributed by atoms with Crippen molar-refractivity contribution in [2.24, 2.45) is 5.73 Å². The Morgan fingerprint density at radius 3 is 2.39 bits per heavy atom. The standard InChI is InChI=1S/C23H22FN3O5S/c1-15-26-18(14-33-15)12-31-20-8-2-16(3-9-20)23(30)32-13-22(29)27(11-10-21(25)28)19-6-4-17(24)5-7-19/h2-9,14H,10-13H2,1H3,(H2,25,28). The number of aryl methyl sites for hydroxylation is 1. The number of thiazole rings is 1. The average Bonchev–Trinajstić information content (AvgIpc) is 3.22. The van der Waals surface area contributed by atoms with Crippen molar-refractivity contribution in [3.63, 3.8) is 0 Å². The van der Waals surface area contributed by atoms with E-state index < -0.39 is 30.2 Å². The molecule has 1 aromatic heterocycles. The molecule has 2 aromatic carbocycles. The Balaban J connectivity index is 1.56. The van der Waals surface area contributed by atoms with Gasteiger partial charge in [-0.2, -0.15) is 0 Å². The first-order valence-corrected chi connectivity index (χ1v) is 10.8. The van der Waals surface area contributed by atoms with Crippen LogP contribution in [0.25, 0.3) is 0 Å². The minimum atomic E-state index is -0.695. The molecule has 0 aliphatic heterocycles. The third-order valence-electron chi connectivity index (χ3n) is 4.49. The Labute approximate surface area is 193 Å². The molecule has 2 N–H and O–H groups in total. The maximum absolute atomic E-state index is 13.2. The number of amides is 2. The molecule has 3 rings (SSSR count). The van der Waals surface area contributed by atoms with Gasteiger partial charge in [-0.3, -0.25) is 9.59 Å². The molecule has 0 unspecified atom stereocenters. The number of nitrogens with zero attached hydrogens (tertiary/aromatic N) is 2. The average molecular weight is 472 g/mol. The van der Waals surface area contributed by atoms with Crippen LogP contribution in [0.1, 0.15) is 27.5 Å². The van der Waals surface area contributed by atoms with E-state index in [0.29, 0.717) is 18.0 Å². The van der Waals surface area contributed by atoms with Gasteiger partial charge in [-0.25, -0.2) is 14.2 Å². The normalized spacial score (nSPS) is 10.5. The van der Waals surface area contributed by atoms with Gasteiger partial charge in [-0.05, 0) is 55.5 Å². The van der Waals surface area contributed by atoms with E-state index in [1.165, 1.54) is 52.6 Å². The second-order valence-corrected chi connectivity index (χ2v) is 8.05. The summed E-state index contributed by atoms with van der Waals surface area (Å²) >= 11 is 1.54. The van der Waals surface area contributed by atoms with Crippen molar-refractivity contribution >= 4 is 34.8 Å². The van der Waals surface area contributed by atoms with Crippen LogP contribution in [0.4, 0.5) is 10.1 Å². The van der Waals surface area contributed by atoms with Crippen molar-refractivity contribution in [1.82, 2.24) is 4.98 Å². The van der Waals surface area contributed by atoms with Crippen LogP contribution in [0, 0.1) is 12.7 Å². The largest absolute Gasteiger partial charge is 0.487 e. The predicted molar refractivity (Wildman–Crippen MR) is 120 cm³/mol. The fraction of sp³-hybridized carbons (Fsp3) is 0.217. The van der Waals surface area contributed by atoms with Crippen molar-refractivity contribution in [2.45, 2.75) is 20.0 Å². The number of hydrogen-bond donors (Lipinski definition) is 1. The topological polar surface area (TPSA) is 112 Å². The van der Waals surface area contributed by atoms with Gasteiger partial charge in [0.25, 0.3) is 5.91 Å². The van der Waals surface area contributed by atoms with Crippen LogP contribution < -0.4 is 15.4 Å². The van der Waals surface area contributed by atoms with Crippen LogP contribution in [0.5, 0.6) is 5.75 Å². The smallest absolute Gasteiger partial charge is 0.338 e. The number of nitrogens with two attached hydrogens (primary N) is 1. The summed E-state index contributed by atoms with van der Waals surface area (Å²) in [5, 5.41) is 2.87. The zero-order chi connectivity index (χ0) is 23.8. The summed E-state index contributed by atoms with van der Waals surface area (Å²) in [5.74, 6) is -1.78. The molecule has 0 aliphatic rings. The van der Waals surface area contributed by atoms with Crippen LogP contribution in [0.3, 0.4) is 0 Å². The van der Waals surface area contributed by atoms with E-state index in [1.807, 2.05) is 12.3 Å². The lowest BCUT2D eigenvalue weighted by Gasteiger charge is -2.22. The number of carbonyl (C=O) groups excluding carboxylic acids is 3. The lowest BCUT2D eigenvalue weighted by atomic mass is 10.2. The molecule has 0 spiro atoms. The Morgan fingerprint density at radius 1 is 1.09 bits per heavy atom. The third kappa shape index (κ3) is 7.11. The van der Waals surface area contributed by atoms with Crippen LogP contribution in [0.2, 0.25) is 0 Å². The lowest BCUT2D eigenvalue weighted by molar-refractivity contribution is -0.121. The highest BCUT2D eigenvalue weighted by Crippen LogP contribution is 2.18. The number of hydrogen-bond acceptors (Lipinski definition) is 7. The van der Waals surface area contributed by atoms with Crippen molar-refractivity contribution in [3.8, 4) is 5.75 Å². The molecule has 2 amide bonds. The molecule has 0 aliphatic carbocycles. The fourth-order valence-corrected chi connectivity index (χ4v) is 3.45. The summed E-state index contributed by atoms with van der Waals surface area (Å²) in [6.07, 6.45) is -0.0982. The number of carbonyl (C=O) groups is 3. The lowest BCUT2D eigenvalue weighted by Crippen LogP contribution is -2.37. The van der Waals surface area contributed by atoms with E-state index in [0.717, 1.165) is 10.7 Å². The van der Waals surface area contributed by atoms with Gasteiger partial charge >= 0.3 is 5.97 Å². The molecule has 33 heavy (non-hydrogen) atoms. The highest BCUT2D eigenvalue weighted by Gasteiger charge is 2.19. The molecule has 0 fully saturated rings. The number of aromatic nitrogens is 1. The molecule has 3 aromatic rings. The number of esters is 1. The summed E-state index contributed by atoms with van der Waals surface area (Å²) in [7, 11) is 0. The molecule has 8 nitrogen and oxygen atoms in total. The van der Waals surface area contributed by atoms with Gasteiger partial charge in [0.1, 0.15) is 18.2 Å². The van der Waals surface area contributed by atoms with Crippen LogP contribution in [-0.4, -0.2) is 35.9 Å². The van der Waals surface area contributed by atoms with E-state index in [-0.39, 0.29) is 18.5 Å². The number of rotatable bonds is 10. The van der Waals surface area contributed by atoms with Crippen molar-refractivity contribution < 1.29 is 28.2 Å². The quantitative estimate of drug-likeness (QED) is 0.455. The summed E-state index contributed by atoms with van der Waals surface area (Å²) < 4.78 is 24.0. The van der Waals surface area contributed by atoms with Crippen LogP contribution >= 0.6 is 11.3 Å². The first kappa shape index (κ1) is 23.9. The predicted octanol–water partition coefficient (Wildman–Crippen LogP) is 3.24. The molecule has 0 saturated carbocycles. The van der Waals surface area contributed by atoms with Gasteiger partial charge in [-0.1, -0.05) is 0 Å². The second kappa shape index (κ2) is 11.2. The number of primary amides is 1. The van der Waals surface area contributed by atoms with Gasteiger partial charge in [0.05, 0.1) is 16.3 Å². The summed E-state index contributed by atoms with van der Waals surface area (Å²) in [6, 6.07) is 11.4. The molecule has 172 valence electrons. The Hall–Kier alpha value is -3.79. The zero-order valence-electron chi connectivity index (χ0n) is 17.8. The fourth-order valence-electron chi connectivity index (χ4n) is 2.85. The van der Waals surface area contributed by atoms with Crippen molar-refractivity contribution in [2.75, 3.05) is 18.1 Å². The minimum absolute atomic E-state index is 0.0259. The molecular weight excluding hydrogens is 449 g/mol. The van der Waals surface area contributed by atoms with E-state index in [2.05, 4.69) is 4.98 Å². The van der Waals surface area contributed by atoms with Gasteiger partial charge in [0.2, 0.25) is 5.91 Å². The second-order valence-electron chi connectivity index (χ2n) is 6.99. The number of anilines is 1. The van der Waals surface area contributed by atoms with E-state index in [4.69, 9.17) is 15.2 Å². The highest BCUT2D eigenvalue weighted by atomic mass is 32.1. The zero-order valence-corrected chi connectivity index (χ0v) is 18.6. The molecule has 0 saturated heterocycles. The van der Waals surface area contributed by atoms with Gasteiger partial charge in [-0.15, -0.1) is 11.3 Å². The number of benzene rings is 2. The summed E-state index contributed by atoms with van der Waals surface area (Å²) in [5.41, 5.74) is 6.59. The molecule has 0 atom stereocenters. The van der Waals surface area contributed by atoms with E-state index >= 15 is 0 Å². The maximum atomic E-state index is 13.2. The van der Waals surface area contributed by atoms with E-state index in [1.54, 1.807) is 12.1 Å². The van der Waals surface area contributed by atoms with E-state index in [9.17, 15) is 18.8 Å². The highest BCUT2D eigenvalue weighted by molar-refractivity contribution is 7.09. The molecular formula is C23H22FN3O5S. The number of halogens is 1. The van der Waals surface area contributed by atoms with Crippen LogP contribution in [0.15, 0.2) is 53.9 Å². The molecule has 1 heterocycles. The SMILES string of the molecule is Cc1nc(COc2ccc(C(=O)OCC(=O)N(CCC(N)=O)c3ccc(F)cc3)cc2)cs1. The Kier molecular flexibility index (Phi) is 8.09. The van der Waals surface area contributed by atoms with Crippen LogP contribution in [-0.2, 0) is 20.9 Å². The number of ether oxygens (including phenoxy) is 2. The van der Waals surface area contributed by atoms with Gasteiger partial charge < -0.3 is 20.1 Å². The minimum Gasteiger partial charge on any atom is -0.487 e. The molecule has 0 radical (unpaired) electrons. The molecule has 10 heteroatoms. The third-order valence-corrected chi connectivity index (χ3v) is 5.31. The first-order chi connectivity index (χ1) is 15.8.